The van der Waals surface area contributed by atoms with E-state index >= 15 is 0 Å². The smallest absolute Gasteiger partial charge is 0.187 e. The maximum absolute atomic E-state index is 5.63. The van der Waals surface area contributed by atoms with Gasteiger partial charge in [-0.05, 0) is 57.0 Å². The van der Waals surface area contributed by atoms with Crippen LogP contribution in [0.5, 0.6) is 5.75 Å². The maximum Gasteiger partial charge on any atom is 0.187 e. The lowest BCUT2D eigenvalue weighted by molar-refractivity contribution is 0.303. The molecule has 2 heterocycles. The minimum atomic E-state index is 0. The predicted molar refractivity (Wildman–Crippen MR) is 147 cm³/mol. The first kappa shape index (κ1) is 29.5. The van der Waals surface area contributed by atoms with E-state index in [0.717, 1.165) is 47.3 Å². The first-order valence-electron chi connectivity index (χ1n) is 10.5. The molecular formula is C24H33Cl3N4OS. The van der Waals surface area contributed by atoms with Crippen LogP contribution in [0, 0.1) is 13.8 Å². The molecule has 1 saturated heterocycles. The zero-order valence-corrected chi connectivity index (χ0v) is 22.4. The summed E-state index contributed by atoms with van der Waals surface area (Å²) in [4.78, 5) is 5.83. The second-order valence-corrected chi connectivity index (χ2v) is 8.99. The first-order valence-corrected chi connectivity index (χ1v) is 11.4. The SMILES string of the molecule is COc1ccc(Nc2nc(C)c(C)s2)cc1CN[C@H]1CCCN[C@@H]1c1ccccc1.Cl.Cl.Cl. The number of hydrogen-bond donors (Lipinski definition) is 3. The number of nitrogens with one attached hydrogen (secondary N) is 3. The summed E-state index contributed by atoms with van der Waals surface area (Å²) in [5.74, 6) is 0.902. The molecule has 9 heteroatoms. The molecule has 3 N–H and O–H groups in total. The van der Waals surface area contributed by atoms with Gasteiger partial charge >= 0.3 is 0 Å². The average Bonchev–Trinajstić information content (AvgIpc) is 3.09. The molecule has 2 aromatic carbocycles. The van der Waals surface area contributed by atoms with Crippen molar-refractivity contribution in [3.8, 4) is 5.75 Å². The van der Waals surface area contributed by atoms with Gasteiger partial charge in [0, 0.05) is 34.8 Å². The Kier molecular flexibility index (Phi) is 12.5. The van der Waals surface area contributed by atoms with Crippen LogP contribution in [0.1, 0.15) is 40.6 Å². The third-order valence-electron chi connectivity index (χ3n) is 5.73. The summed E-state index contributed by atoms with van der Waals surface area (Å²) in [6.45, 7) is 5.96. The molecule has 0 unspecified atom stereocenters. The van der Waals surface area contributed by atoms with Crippen LogP contribution in [-0.2, 0) is 6.54 Å². The molecule has 33 heavy (non-hydrogen) atoms. The molecule has 1 aromatic heterocycles. The van der Waals surface area contributed by atoms with Crippen molar-refractivity contribution >= 4 is 59.4 Å². The van der Waals surface area contributed by atoms with E-state index in [-0.39, 0.29) is 37.2 Å². The molecule has 3 aromatic rings. The average molecular weight is 532 g/mol. The van der Waals surface area contributed by atoms with E-state index < -0.39 is 0 Å². The minimum Gasteiger partial charge on any atom is -0.496 e. The van der Waals surface area contributed by atoms with Gasteiger partial charge in [0.25, 0.3) is 0 Å². The molecular weight excluding hydrogens is 499 g/mol. The standard InChI is InChI=1S/C24H30N4OS.3ClH/c1-16-17(2)30-24(27-16)28-20-11-12-22(29-3)19(14-20)15-26-21-10-7-13-25-23(21)18-8-5-4-6-9-18;;;/h4-6,8-9,11-12,14,21,23,25-26H,7,10,13,15H2,1-3H3,(H,27,28);3*1H/t21-,23+;;;/m0.../s1. The Morgan fingerprint density at radius 3 is 2.52 bits per heavy atom. The molecule has 0 aliphatic carbocycles. The van der Waals surface area contributed by atoms with Crippen LogP contribution in [-0.4, -0.2) is 24.7 Å². The van der Waals surface area contributed by atoms with Crippen LogP contribution in [0.15, 0.2) is 48.5 Å². The van der Waals surface area contributed by atoms with Crippen molar-refractivity contribution in [3.63, 3.8) is 0 Å². The largest absolute Gasteiger partial charge is 0.496 e. The van der Waals surface area contributed by atoms with Crippen LogP contribution in [0.4, 0.5) is 10.8 Å². The second kappa shape index (κ2) is 14.0. The fraction of sp³-hybridized carbons (Fsp3) is 0.375. The Morgan fingerprint density at radius 2 is 1.85 bits per heavy atom. The summed E-state index contributed by atoms with van der Waals surface area (Å²) >= 11 is 1.68. The number of anilines is 2. The number of aryl methyl sites for hydroxylation is 2. The van der Waals surface area contributed by atoms with Crippen LogP contribution >= 0.6 is 48.6 Å². The summed E-state index contributed by atoms with van der Waals surface area (Å²) in [6, 6.07) is 17.7. The summed E-state index contributed by atoms with van der Waals surface area (Å²) < 4.78 is 5.63. The van der Waals surface area contributed by atoms with Gasteiger partial charge in [-0.25, -0.2) is 4.98 Å². The van der Waals surface area contributed by atoms with Crippen LogP contribution in [0.2, 0.25) is 0 Å². The van der Waals surface area contributed by atoms with E-state index in [1.165, 1.54) is 16.9 Å². The van der Waals surface area contributed by atoms with Gasteiger partial charge in [0.1, 0.15) is 5.75 Å². The van der Waals surface area contributed by atoms with Crippen molar-refractivity contribution in [1.82, 2.24) is 15.6 Å². The number of halogens is 3. The lowest BCUT2D eigenvalue weighted by atomic mass is 9.92. The first-order chi connectivity index (χ1) is 14.6. The van der Waals surface area contributed by atoms with Crippen molar-refractivity contribution in [3.05, 3.63) is 70.2 Å². The van der Waals surface area contributed by atoms with Gasteiger partial charge in [0.05, 0.1) is 12.8 Å². The monoisotopic (exact) mass is 530 g/mol. The number of rotatable bonds is 7. The number of nitrogens with zero attached hydrogens (tertiary/aromatic N) is 1. The van der Waals surface area contributed by atoms with Crippen molar-refractivity contribution in [2.45, 2.75) is 45.3 Å². The molecule has 1 aliphatic heterocycles. The van der Waals surface area contributed by atoms with Gasteiger partial charge in [-0.15, -0.1) is 48.6 Å². The van der Waals surface area contributed by atoms with Gasteiger partial charge < -0.3 is 20.7 Å². The van der Waals surface area contributed by atoms with Gasteiger partial charge in [0.2, 0.25) is 0 Å². The number of methoxy groups -OCH3 is 1. The molecule has 0 spiro atoms. The van der Waals surface area contributed by atoms with E-state index in [4.69, 9.17) is 4.74 Å². The number of piperidine rings is 1. The molecule has 2 atom stereocenters. The fourth-order valence-corrected chi connectivity index (χ4v) is 4.84. The highest BCUT2D eigenvalue weighted by molar-refractivity contribution is 7.15. The summed E-state index contributed by atoms with van der Waals surface area (Å²) in [6.07, 6.45) is 2.34. The normalized spacial score (nSPS) is 17.2. The number of ether oxygens (including phenoxy) is 1. The second-order valence-electron chi connectivity index (χ2n) is 7.78. The highest BCUT2D eigenvalue weighted by Gasteiger charge is 2.25. The number of benzene rings is 2. The van der Waals surface area contributed by atoms with Crippen LogP contribution < -0.4 is 20.7 Å². The van der Waals surface area contributed by atoms with Gasteiger partial charge in [0.15, 0.2) is 5.13 Å². The zero-order chi connectivity index (χ0) is 20.9. The molecule has 5 nitrogen and oxygen atoms in total. The van der Waals surface area contributed by atoms with Crippen LogP contribution in [0.3, 0.4) is 0 Å². The molecule has 182 valence electrons. The highest BCUT2D eigenvalue weighted by atomic mass is 35.5. The van der Waals surface area contributed by atoms with Gasteiger partial charge in [-0.3, -0.25) is 0 Å². The molecule has 0 amide bonds. The molecule has 0 saturated carbocycles. The number of hydrogen-bond acceptors (Lipinski definition) is 6. The van der Waals surface area contributed by atoms with Crippen molar-refractivity contribution in [1.29, 1.82) is 0 Å². The molecule has 4 rings (SSSR count). The van der Waals surface area contributed by atoms with E-state index in [9.17, 15) is 0 Å². The fourth-order valence-electron chi connectivity index (χ4n) is 4.00. The lowest BCUT2D eigenvalue weighted by Gasteiger charge is -2.34. The van der Waals surface area contributed by atoms with Gasteiger partial charge in [-0.2, -0.15) is 0 Å². The quantitative estimate of drug-likeness (QED) is 0.331. The number of aromatic nitrogens is 1. The Bertz CT molecular complexity index is 968. The summed E-state index contributed by atoms with van der Waals surface area (Å²) in [5.41, 5.74) is 4.59. The summed E-state index contributed by atoms with van der Waals surface area (Å²) in [5, 5.41) is 11.8. The van der Waals surface area contributed by atoms with Crippen LogP contribution in [0.25, 0.3) is 0 Å². The Labute approximate surface area is 219 Å². The number of thiazole rings is 1. The van der Waals surface area contributed by atoms with E-state index in [0.29, 0.717) is 12.1 Å². The maximum atomic E-state index is 5.63. The van der Waals surface area contributed by atoms with E-state index in [1.54, 1.807) is 18.4 Å². The topological polar surface area (TPSA) is 58.2 Å². The van der Waals surface area contributed by atoms with E-state index in [2.05, 4.69) is 64.3 Å². The summed E-state index contributed by atoms with van der Waals surface area (Å²) in [7, 11) is 1.73. The third-order valence-corrected chi connectivity index (χ3v) is 6.72. The Balaban J connectivity index is 0.00000181. The van der Waals surface area contributed by atoms with E-state index in [1.807, 2.05) is 19.1 Å². The zero-order valence-electron chi connectivity index (χ0n) is 19.1. The molecule has 1 aliphatic rings. The lowest BCUT2D eigenvalue weighted by Crippen LogP contribution is -2.45. The highest BCUT2D eigenvalue weighted by Crippen LogP contribution is 2.29. The molecule has 0 bridgehead atoms. The van der Waals surface area contributed by atoms with Crippen molar-refractivity contribution in [2.75, 3.05) is 19.0 Å². The minimum absolute atomic E-state index is 0. The predicted octanol–water partition coefficient (Wildman–Crippen LogP) is 6.36. The third kappa shape index (κ3) is 7.47. The van der Waals surface area contributed by atoms with Crippen molar-refractivity contribution < 1.29 is 4.74 Å². The van der Waals surface area contributed by atoms with Gasteiger partial charge in [-0.1, -0.05) is 30.3 Å². The Morgan fingerprint density at radius 1 is 1.09 bits per heavy atom. The van der Waals surface area contributed by atoms with Crippen molar-refractivity contribution in [2.24, 2.45) is 0 Å². The molecule has 0 radical (unpaired) electrons. The molecule has 1 fully saturated rings. The Hall–Kier alpha value is -1.54.